The monoisotopic (exact) mass is 296 g/mol. The molecule has 1 fully saturated rings. The number of thiophene rings is 1. The van der Waals surface area contributed by atoms with Crippen molar-refractivity contribution in [3.05, 3.63) is 21.9 Å². The highest BCUT2D eigenvalue weighted by Crippen LogP contribution is 2.26. The summed E-state index contributed by atoms with van der Waals surface area (Å²) in [5.41, 5.74) is 2.50. The molecule has 0 saturated carbocycles. The Kier molecular flexibility index (Phi) is 4.12. The highest BCUT2D eigenvalue weighted by Gasteiger charge is 2.40. The molecule has 1 aromatic rings. The minimum Gasteiger partial charge on any atom is -0.343 e. The highest BCUT2D eigenvalue weighted by atomic mass is 32.1. The van der Waals surface area contributed by atoms with E-state index in [1.165, 1.54) is 11.3 Å². The van der Waals surface area contributed by atoms with Crippen molar-refractivity contribution in [2.24, 2.45) is 5.84 Å². The van der Waals surface area contributed by atoms with E-state index in [1.54, 1.807) is 4.90 Å². The Balaban J connectivity index is 2.20. The van der Waals surface area contributed by atoms with E-state index in [4.69, 9.17) is 5.84 Å². The minimum absolute atomic E-state index is 0.101. The summed E-state index contributed by atoms with van der Waals surface area (Å²) in [6, 6.07) is 1.91. The van der Waals surface area contributed by atoms with Crippen molar-refractivity contribution >= 4 is 23.2 Å². The van der Waals surface area contributed by atoms with Crippen molar-refractivity contribution in [1.82, 2.24) is 15.2 Å². The first-order chi connectivity index (χ1) is 9.37. The number of hydrogen-bond donors (Lipinski definition) is 2. The molecule has 6 nitrogen and oxygen atoms in total. The number of nitrogen functional groups attached to an aromatic ring is 1. The number of nitrogens with one attached hydrogen (secondary N) is 1. The van der Waals surface area contributed by atoms with Crippen LogP contribution in [0.25, 0.3) is 0 Å². The number of carbonyl (C=O) groups excluding carboxylic acids is 2. The topological polar surface area (TPSA) is 78.7 Å². The summed E-state index contributed by atoms with van der Waals surface area (Å²) in [4.78, 5) is 28.4. The van der Waals surface area contributed by atoms with Crippen LogP contribution in [0.15, 0.2) is 11.4 Å². The molecule has 0 aromatic carbocycles. The fourth-order valence-corrected chi connectivity index (χ4v) is 3.28. The Bertz CT molecular complexity index is 526. The van der Waals surface area contributed by atoms with Crippen molar-refractivity contribution in [1.29, 1.82) is 0 Å². The summed E-state index contributed by atoms with van der Waals surface area (Å²) < 4.78 is 0. The van der Waals surface area contributed by atoms with Crippen LogP contribution in [0.5, 0.6) is 0 Å². The second-order valence-corrected chi connectivity index (χ2v) is 6.37. The summed E-state index contributed by atoms with van der Waals surface area (Å²) in [5.74, 6) is 5.01. The molecule has 2 rings (SSSR count). The number of hydrazine groups is 1. The van der Waals surface area contributed by atoms with Crippen LogP contribution in [0.3, 0.4) is 0 Å². The van der Waals surface area contributed by atoms with E-state index < -0.39 is 5.54 Å². The van der Waals surface area contributed by atoms with E-state index in [2.05, 4.69) is 10.3 Å². The quantitative estimate of drug-likeness (QED) is 0.481. The third-order valence-corrected chi connectivity index (χ3v) is 4.77. The van der Waals surface area contributed by atoms with Gasteiger partial charge in [-0.05, 0) is 30.9 Å². The van der Waals surface area contributed by atoms with Crippen LogP contribution in [-0.2, 0) is 11.3 Å². The molecule has 1 aromatic heterocycles. The van der Waals surface area contributed by atoms with Gasteiger partial charge < -0.3 is 4.90 Å². The van der Waals surface area contributed by atoms with Crippen LogP contribution in [0.1, 0.15) is 29.1 Å². The van der Waals surface area contributed by atoms with E-state index >= 15 is 0 Å². The summed E-state index contributed by atoms with van der Waals surface area (Å²) >= 11 is 1.36. The highest BCUT2D eigenvalue weighted by molar-refractivity contribution is 7.12. The van der Waals surface area contributed by atoms with Crippen LogP contribution in [0, 0.1) is 0 Å². The smallest absolute Gasteiger partial charge is 0.275 e. The first-order valence-corrected chi connectivity index (χ1v) is 7.34. The van der Waals surface area contributed by atoms with Gasteiger partial charge in [-0.15, -0.1) is 11.3 Å². The zero-order chi connectivity index (χ0) is 14.9. The van der Waals surface area contributed by atoms with Crippen LogP contribution in [0.2, 0.25) is 0 Å². The van der Waals surface area contributed by atoms with Crippen LogP contribution >= 0.6 is 11.3 Å². The molecule has 2 amide bonds. The van der Waals surface area contributed by atoms with E-state index in [9.17, 15) is 9.59 Å². The third-order valence-electron chi connectivity index (χ3n) is 3.81. The molecule has 2 heterocycles. The van der Waals surface area contributed by atoms with Gasteiger partial charge in [0.15, 0.2) is 0 Å². The lowest BCUT2D eigenvalue weighted by atomic mass is 9.97. The molecule has 7 heteroatoms. The van der Waals surface area contributed by atoms with Crippen molar-refractivity contribution in [2.75, 3.05) is 20.1 Å². The summed E-state index contributed by atoms with van der Waals surface area (Å²) in [7, 11) is 1.82. The van der Waals surface area contributed by atoms with E-state index in [0.717, 1.165) is 12.1 Å². The molecule has 3 N–H and O–H groups in total. The molecule has 0 spiro atoms. The number of likely N-dealkylation sites (N-methyl/N-ethyl adjacent to an activating group) is 1. The van der Waals surface area contributed by atoms with Crippen LogP contribution in [0.4, 0.5) is 0 Å². The van der Waals surface area contributed by atoms with Crippen LogP contribution < -0.4 is 11.3 Å². The van der Waals surface area contributed by atoms with Gasteiger partial charge in [-0.2, -0.15) is 0 Å². The molecule has 0 radical (unpaired) electrons. The molecule has 0 bridgehead atoms. The molecule has 1 aliphatic rings. The number of rotatable bonds is 3. The normalized spacial score (nSPS) is 19.2. The lowest BCUT2D eigenvalue weighted by molar-refractivity contribution is -0.147. The number of amides is 2. The molecule has 110 valence electrons. The van der Waals surface area contributed by atoms with Gasteiger partial charge in [-0.25, -0.2) is 5.84 Å². The predicted molar refractivity (Wildman–Crippen MR) is 78.1 cm³/mol. The minimum atomic E-state index is -0.564. The molecular formula is C13H20N4O2S. The lowest BCUT2D eigenvalue weighted by Crippen LogP contribution is -2.61. The average Bonchev–Trinajstić information content (AvgIpc) is 2.87. The SMILES string of the molecule is CN1CCN(Cc2ccsc2C(=O)NN)C(C)(C)C1=O. The number of nitrogens with zero attached hydrogens (tertiary/aromatic N) is 2. The first-order valence-electron chi connectivity index (χ1n) is 6.46. The van der Waals surface area contributed by atoms with Gasteiger partial charge in [-0.3, -0.25) is 19.9 Å². The number of nitrogens with two attached hydrogens (primary N) is 1. The van der Waals surface area contributed by atoms with Gasteiger partial charge in [0.1, 0.15) is 0 Å². The fourth-order valence-electron chi connectivity index (χ4n) is 2.46. The summed E-state index contributed by atoms with van der Waals surface area (Å²) in [6.07, 6.45) is 0. The van der Waals surface area contributed by atoms with Crippen LogP contribution in [-0.4, -0.2) is 47.3 Å². The molecule has 20 heavy (non-hydrogen) atoms. The van der Waals surface area contributed by atoms with Gasteiger partial charge in [0.2, 0.25) is 5.91 Å². The molecule has 0 unspecified atom stereocenters. The Labute approximate surface area is 122 Å². The summed E-state index contributed by atoms with van der Waals surface area (Å²) in [6.45, 7) is 5.89. The van der Waals surface area contributed by atoms with Gasteiger partial charge in [0.05, 0.1) is 10.4 Å². The van der Waals surface area contributed by atoms with Gasteiger partial charge in [0, 0.05) is 26.7 Å². The second-order valence-electron chi connectivity index (χ2n) is 5.46. The molecule has 1 aliphatic heterocycles. The van der Waals surface area contributed by atoms with E-state index in [1.807, 2.05) is 32.3 Å². The lowest BCUT2D eigenvalue weighted by Gasteiger charge is -2.44. The number of hydrogen-bond acceptors (Lipinski definition) is 5. The predicted octanol–water partition coefficient (Wildman–Crippen LogP) is 0.404. The molecule has 0 aliphatic carbocycles. The van der Waals surface area contributed by atoms with Crippen molar-refractivity contribution in [3.63, 3.8) is 0 Å². The maximum absolute atomic E-state index is 12.2. The third kappa shape index (κ3) is 2.56. The molecule has 0 atom stereocenters. The van der Waals surface area contributed by atoms with Gasteiger partial charge >= 0.3 is 0 Å². The standard InChI is InChI=1S/C13H20N4O2S/c1-13(2)12(19)16(3)5-6-17(13)8-9-4-7-20-10(9)11(18)15-14/h4,7H,5-6,8,14H2,1-3H3,(H,15,18). The Morgan fingerprint density at radius 2 is 2.20 bits per heavy atom. The summed E-state index contributed by atoms with van der Waals surface area (Å²) in [5, 5.41) is 1.87. The van der Waals surface area contributed by atoms with E-state index in [0.29, 0.717) is 18.0 Å². The zero-order valence-electron chi connectivity index (χ0n) is 12.0. The Morgan fingerprint density at radius 1 is 1.50 bits per heavy atom. The second kappa shape index (κ2) is 5.51. The number of carbonyl (C=O) groups is 2. The maximum Gasteiger partial charge on any atom is 0.275 e. The van der Waals surface area contributed by atoms with Crippen molar-refractivity contribution < 1.29 is 9.59 Å². The zero-order valence-corrected chi connectivity index (χ0v) is 12.8. The Morgan fingerprint density at radius 3 is 2.85 bits per heavy atom. The fraction of sp³-hybridized carbons (Fsp3) is 0.538. The van der Waals surface area contributed by atoms with Gasteiger partial charge in [-0.1, -0.05) is 0 Å². The maximum atomic E-state index is 12.2. The average molecular weight is 296 g/mol. The largest absolute Gasteiger partial charge is 0.343 e. The van der Waals surface area contributed by atoms with Crippen molar-refractivity contribution in [2.45, 2.75) is 25.9 Å². The van der Waals surface area contributed by atoms with E-state index in [-0.39, 0.29) is 11.8 Å². The first kappa shape index (κ1) is 15.0. The molecular weight excluding hydrogens is 276 g/mol. The molecule has 1 saturated heterocycles. The van der Waals surface area contributed by atoms with Crippen molar-refractivity contribution in [3.8, 4) is 0 Å². The Hall–Kier alpha value is -1.44. The number of piperazine rings is 1. The van der Waals surface area contributed by atoms with Gasteiger partial charge in [0.25, 0.3) is 5.91 Å².